The summed E-state index contributed by atoms with van der Waals surface area (Å²) in [5.41, 5.74) is 1.06. The molecule has 12 heteroatoms. The van der Waals surface area contributed by atoms with Gasteiger partial charge in [0.05, 0.1) is 13.2 Å². The lowest BCUT2D eigenvalue weighted by atomic mass is 10.1. The van der Waals surface area contributed by atoms with Crippen molar-refractivity contribution in [3.05, 3.63) is 48.2 Å². The molecule has 2 aliphatic rings. The predicted molar refractivity (Wildman–Crippen MR) is 146 cm³/mol. The molecule has 0 unspecified atom stereocenters. The Labute approximate surface area is 221 Å². The zero-order valence-electron chi connectivity index (χ0n) is 20.9. The lowest BCUT2D eigenvalue weighted by molar-refractivity contribution is 0.122. The van der Waals surface area contributed by atoms with Gasteiger partial charge in [-0.1, -0.05) is 18.2 Å². The second-order valence-corrected chi connectivity index (χ2v) is 12.0. The first-order valence-electron chi connectivity index (χ1n) is 12.5. The number of carbonyl (C=O) groups excluding carboxylic acids is 1. The number of anilines is 2. The van der Waals surface area contributed by atoms with Crippen molar-refractivity contribution in [2.45, 2.75) is 18.4 Å². The number of nitrogens with one attached hydrogen (secondary N) is 2. The van der Waals surface area contributed by atoms with E-state index in [9.17, 15) is 13.2 Å². The monoisotopic (exact) mass is 544 g/mol. The molecule has 2 N–H and O–H groups in total. The van der Waals surface area contributed by atoms with Crippen LogP contribution in [0.1, 0.15) is 12.5 Å². The Kier molecular flexibility index (Phi) is 7.91. The van der Waals surface area contributed by atoms with Crippen LogP contribution < -0.4 is 15.5 Å². The number of morpholine rings is 1. The number of sulfonamides is 1. The number of nitrogens with zero attached hydrogens (tertiary/aromatic N) is 4. The molecule has 37 heavy (non-hydrogen) atoms. The van der Waals surface area contributed by atoms with E-state index in [2.05, 4.69) is 37.6 Å². The topological polar surface area (TPSA) is 107 Å². The number of ether oxygens (including phenoxy) is 1. The van der Waals surface area contributed by atoms with Gasteiger partial charge in [-0.25, -0.2) is 18.2 Å². The van der Waals surface area contributed by atoms with E-state index >= 15 is 0 Å². The predicted octanol–water partition coefficient (Wildman–Crippen LogP) is 2.78. The van der Waals surface area contributed by atoms with Gasteiger partial charge in [-0.2, -0.15) is 4.31 Å². The third kappa shape index (κ3) is 5.73. The van der Waals surface area contributed by atoms with Crippen LogP contribution in [-0.4, -0.2) is 87.7 Å². The molecule has 2 aliphatic heterocycles. The van der Waals surface area contributed by atoms with Crippen molar-refractivity contribution in [3.8, 4) is 0 Å². The van der Waals surface area contributed by atoms with Gasteiger partial charge in [0.2, 0.25) is 10.0 Å². The third-order valence-electron chi connectivity index (χ3n) is 6.67. The number of hydrogen-bond acceptors (Lipinski definition) is 8. The van der Waals surface area contributed by atoms with Crippen molar-refractivity contribution in [1.82, 2.24) is 19.5 Å². The fraction of sp³-hybridized carbons (Fsp3) is 0.440. The van der Waals surface area contributed by atoms with Crippen molar-refractivity contribution in [3.63, 3.8) is 0 Å². The number of piperazine rings is 1. The van der Waals surface area contributed by atoms with E-state index < -0.39 is 10.0 Å². The number of carbonyl (C=O) groups is 1. The molecule has 198 valence electrons. The quantitative estimate of drug-likeness (QED) is 0.471. The maximum Gasteiger partial charge on any atom is 0.319 e. The number of benzene rings is 1. The van der Waals surface area contributed by atoms with E-state index in [0.29, 0.717) is 52.5 Å². The molecule has 5 rings (SSSR count). The summed E-state index contributed by atoms with van der Waals surface area (Å²) < 4.78 is 34.6. The van der Waals surface area contributed by atoms with Gasteiger partial charge in [-0.3, -0.25) is 10.2 Å². The molecule has 0 bridgehead atoms. The van der Waals surface area contributed by atoms with Gasteiger partial charge in [0.25, 0.3) is 0 Å². The molecule has 0 radical (unpaired) electrons. The molecule has 0 aliphatic carbocycles. The molecule has 2 fully saturated rings. The highest BCUT2D eigenvalue weighted by atomic mass is 32.2. The van der Waals surface area contributed by atoms with Crippen LogP contribution in [0, 0.1) is 0 Å². The zero-order valence-corrected chi connectivity index (χ0v) is 22.5. The fourth-order valence-electron chi connectivity index (χ4n) is 4.67. The molecular weight excluding hydrogens is 512 g/mol. The third-order valence-corrected chi connectivity index (χ3v) is 9.68. The summed E-state index contributed by atoms with van der Waals surface area (Å²) in [6.07, 6.45) is 1.46. The van der Waals surface area contributed by atoms with E-state index in [0.717, 1.165) is 39.6 Å². The Morgan fingerprint density at radius 1 is 1.05 bits per heavy atom. The zero-order chi connectivity index (χ0) is 25.8. The summed E-state index contributed by atoms with van der Waals surface area (Å²) in [5, 5.41) is 7.72. The molecule has 4 heterocycles. The van der Waals surface area contributed by atoms with Crippen molar-refractivity contribution in [2.75, 3.05) is 69.2 Å². The normalized spacial score (nSPS) is 17.7. The number of urea groups is 1. The van der Waals surface area contributed by atoms with Crippen molar-refractivity contribution in [1.29, 1.82) is 0 Å². The van der Waals surface area contributed by atoms with Gasteiger partial charge >= 0.3 is 6.03 Å². The Morgan fingerprint density at radius 2 is 1.81 bits per heavy atom. The van der Waals surface area contributed by atoms with Crippen molar-refractivity contribution in [2.24, 2.45) is 0 Å². The van der Waals surface area contributed by atoms with Gasteiger partial charge in [0, 0.05) is 68.8 Å². The van der Waals surface area contributed by atoms with E-state index in [1.54, 1.807) is 23.5 Å². The van der Waals surface area contributed by atoms with E-state index in [-0.39, 0.29) is 10.9 Å². The first-order chi connectivity index (χ1) is 18.0. The number of pyridine rings is 1. The van der Waals surface area contributed by atoms with Gasteiger partial charge < -0.3 is 15.0 Å². The fourth-order valence-corrected chi connectivity index (χ4v) is 7.15. The van der Waals surface area contributed by atoms with E-state index in [4.69, 9.17) is 4.74 Å². The largest absolute Gasteiger partial charge is 0.378 e. The van der Waals surface area contributed by atoms with Gasteiger partial charge in [0.1, 0.15) is 15.7 Å². The lowest BCUT2D eigenvalue weighted by Gasteiger charge is -2.34. The summed E-state index contributed by atoms with van der Waals surface area (Å²) in [6.45, 7) is 7.86. The van der Waals surface area contributed by atoms with Crippen molar-refractivity contribution >= 4 is 48.3 Å². The number of amides is 2. The molecular formula is C25H32N6O4S2. The molecule has 0 saturated carbocycles. The first-order valence-corrected chi connectivity index (χ1v) is 14.8. The summed E-state index contributed by atoms with van der Waals surface area (Å²) in [6, 6.07) is 11.3. The van der Waals surface area contributed by atoms with E-state index in [1.165, 1.54) is 10.5 Å². The van der Waals surface area contributed by atoms with Crippen LogP contribution in [-0.2, 0) is 21.3 Å². The number of aromatic nitrogens is 1. The van der Waals surface area contributed by atoms with Crippen LogP contribution in [0.15, 0.2) is 47.5 Å². The highest BCUT2D eigenvalue weighted by molar-refractivity contribution is 7.89. The average molecular weight is 545 g/mol. The molecule has 3 aromatic rings. The Bertz CT molecular complexity index is 1330. The molecule has 2 saturated heterocycles. The smallest absolute Gasteiger partial charge is 0.319 e. The maximum absolute atomic E-state index is 13.3. The molecule has 10 nitrogen and oxygen atoms in total. The highest BCUT2D eigenvalue weighted by Crippen LogP contribution is 2.36. The molecule has 0 spiro atoms. The van der Waals surface area contributed by atoms with Gasteiger partial charge in [-0.05, 0) is 30.5 Å². The molecule has 2 aromatic heterocycles. The van der Waals surface area contributed by atoms with Crippen LogP contribution >= 0.6 is 11.3 Å². The molecule has 0 atom stereocenters. The Hall–Kier alpha value is -2.77. The Balaban J connectivity index is 1.25. The van der Waals surface area contributed by atoms with Gasteiger partial charge in [0.15, 0.2) is 0 Å². The van der Waals surface area contributed by atoms with Crippen LogP contribution in [0.4, 0.5) is 15.6 Å². The SMILES string of the molecule is CCNC(=O)Nc1sc2ccccc2c1CN1CCN(S(=O)(=O)c2ccc(N3CCOCC3)nc2)CC1. The minimum Gasteiger partial charge on any atom is -0.378 e. The minimum absolute atomic E-state index is 0.218. The van der Waals surface area contributed by atoms with Crippen LogP contribution in [0.3, 0.4) is 0 Å². The van der Waals surface area contributed by atoms with Crippen LogP contribution in [0.2, 0.25) is 0 Å². The summed E-state index contributed by atoms with van der Waals surface area (Å²) in [5.74, 6) is 0.770. The summed E-state index contributed by atoms with van der Waals surface area (Å²) in [7, 11) is -3.62. The second-order valence-electron chi connectivity index (χ2n) is 9.02. The van der Waals surface area contributed by atoms with Crippen LogP contribution in [0.25, 0.3) is 10.1 Å². The standard InChI is InChI=1S/C25H32N6O4S2/c1-2-26-25(32)28-24-21(20-5-3-4-6-22(20)36-24)18-29-9-11-31(12-10-29)37(33,34)19-7-8-23(27-17-19)30-13-15-35-16-14-30/h3-8,17H,2,9-16,18H2,1H3,(H2,26,28,32). The number of hydrogen-bond donors (Lipinski definition) is 2. The number of fused-ring (bicyclic) bond motifs is 1. The Morgan fingerprint density at radius 3 is 2.51 bits per heavy atom. The number of rotatable bonds is 7. The molecule has 2 amide bonds. The minimum atomic E-state index is -3.62. The van der Waals surface area contributed by atoms with Gasteiger partial charge in [-0.15, -0.1) is 11.3 Å². The van der Waals surface area contributed by atoms with E-state index in [1.807, 2.05) is 19.1 Å². The maximum atomic E-state index is 13.3. The average Bonchev–Trinajstić information content (AvgIpc) is 3.26. The number of thiophene rings is 1. The van der Waals surface area contributed by atoms with Crippen LogP contribution in [0.5, 0.6) is 0 Å². The summed E-state index contributed by atoms with van der Waals surface area (Å²) >= 11 is 1.56. The lowest BCUT2D eigenvalue weighted by Crippen LogP contribution is -2.48. The molecule has 1 aromatic carbocycles. The highest BCUT2D eigenvalue weighted by Gasteiger charge is 2.30. The summed E-state index contributed by atoms with van der Waals surface area (Å²) in [4.78, 5) is 21.2. The first kappa shape index (κ1) is 25.9. The second kappa shape index (κ2) is 11.3. The van der Waals surface area contributed by atoms with Crippen molar-refractivity contribution < 1.29 is 17.9 Å².